The first-order valence-electron chi connectivity index (χ1n) is 11.3. The summed E-state index contributed by atoms with van der Waals surface area (Å²) >= 11 is 0. The summed E-state index contributed by atoms with van der Waals surface area (Å²) in [4.78, 5) is 22.3. The Morgan fingerprint density at radius 2 is 1.82 bits per heavy atom. The third-order valence-corrected chi connectivity index (χ3v) is 6.58. The van der Waals surface area contributed by atoms with E-state index < -0.39 is 5.92 Å². The van der Waals surface area contributed by atoms with E-state index in [1.54, 1.807) is 17.8 Å². The molecule has 0 amide bonds. The topological polar surface area (TPSA) is 74.4 Å². The number of para-hydroxylation sites is 2. The predicted octanol–water partition coefficient (Wildman–Crippen LogP) is 3.36. The number of carbonyl (C=O) groups excluding carboxylic acids is 1. The molecule has 0 radical (unpaired) electrons. The van der Waals surface area contributed by atoms with Crippen molar-refractivity contribution in [1.82, 2.24) is 19.4 Å². The first-order chi connectivity index (χ1) is 16.1. The SMILES string of the molecule is COc1ccc(C)cc1CN1CCN(CC2=CC(=O)n3c(nc4ccccc43)C2C#N)CC1. The lowest BCUT2D eigenvalue weighted by molar-refractivity contribution is 0.0960. The zero-order valence-corrected chi connectivity index (χ0v) is 19.0. The summed E-state index contributed by atoms with van der Waals surface area (Å²) in [5.74, 6) is 0.829. The summed E-state index contributed by atoms with van der Waals surface area (Å²) in [5.41, 5.74) is 4.77. The summed E-state index contributed by atoms with van der Waals surface area (Å²) < 4.78 is 7.12. The average Bonchev–Trinajstić information content (AvgIpc) is 3.21. The molecule has 7 nitrogen and oxygen atoms in total. The van der Waals surface area contributed by atoms with Gasteiger partial charge >= 0.3 is 0 Å². The van der Waals surface area contributed by atoms with Crippen LogP contribution in [0.1, 0.15) is 27.7 Å². The number of nitrogens with zero attached hydrogens (tertiary/aromatic N) is 5. The maximum atomic E-state index is 12.9. The van der Waals surface area contributed by atoms with Crippen LogP contribution in [0.25, 0.3) is 11.0 Å². The third-order valence-electron chi connectivity index (χ3n) is 6.58. The molecule has 3 heterocycles. The van der Waals surface area contributed by atoms with Crippen LogP contribution >= 0.6 is 0 Å². The number of hydrogen-bond donors (Lipinski definition) is 0. The number of nitriles is 1. The largest absolute Gasteiger partial charge is 0.496 e. The minimum absolute atomic E-state index is 0.120. The van der Waals surface area contributed by atoms with Crippen LogP contribution in [-0.2, 0) is 6.54 Å². The summed E-state index contributed by atoms with van der Waals surface area (Å²) in [7, 11) is 1.71. The van der Waals surface area contributed by atoms with Crippen molar-refractivity contribution in [3.8, 4) is 11.8 Å². The van der Waals surface area contributed by atoms with Crippen LogP contribution in [0.2, 0.25) is 0 Å². The Morgan fingerprint density at radius 3 is 2.55 bits per heavy atom. The van der Waals surface area contributed by atoms with E-state index in [0.717, 1.165) is 55.1 Å². The highest BCUT2D eigenvalue weighted by molar-refractivity contribution is 5.99. The molecule has 2 aromatic carbocycles. The molecule has 1 atom stereocenters. The lowest BCUT2D eigenvalue weighted by Gasteiger charge is -2.36. The van der Waals surface area contributed by atoms with Crippen LogP contribution in [-0.4, -0.2) is 65.1 Å². The number of methoxy groups -OCH3 is 1. The number of aromatic nitrogens is 2. The van der Waals surface area contributed by atoms with Gasteiger partial charge in [-0.15, -0.1) is 0 Å². The minimum atomic E-state index is -0.510. The van der Waals surface area contributed by atoms with E-state index in [1.807, 2.05) is 30.3 Å². The Labute approximate surface area is 193 Å². The van der Waals surface area contributed by atoms with Gasteiger partial charge in [-0.1, -0.05) is 29.8 Å². The van der Waals surface area contributed by atoms with Crippen molar-refractivity contribution >= 4 is 16.9 Å². The number of ether oxygens (including phenoxy) is 1. The number of imidazole rings is 1. The molecule has 2 aliphatic heterocycles. The fourth-order valence-corrected chi connectivity index (χ4v) is 4.86. The highest BCUT2D eigenvalue weighted by Crippen LogP contribution is 2.32. The number of carbonyl (C=O) groups is 1. The lowest BCUT2D eigenvalue weighted by Crippen LogP contribution is -2.47. The molecule has 1 fully saturated rings. The Bertz CT molecular complexity index is 1280. The minimum Gasteiger partial charge on any atom is -0.496 e. The van der Waals surface area contributed by atoms with Gasteiger partial charge in [0.1, 0.15) is 17.5 Å². The van der Waals surface area contributed by atoms with E-state index in [-0.39, 0.29) is 5.91 Å². The molecule has 168 valence electrons. The number of piperazine rings is 1. The summed E-state index contributed by atoms with van der Waals surface area (Å²) in [6, 6.07) is 16.2. The zero-order valence-electron chi connectivity index (χ0n) is 19.0. The fraction of sp³-hybridized carbons (Fsp3) is 0.346. The van der Waals surface area contributed by atoms with Crippen molar-refractivity contribution in [2.45, 2.75) is 19.4 Å². The normalized spacial score (nSPS) is 19.2. The van der Waals surface area contributed by atoms with Gasteiger partial charge in [-0.05, 0) is 30.7 Å². The fourth-order valence-electron chi connectivity index (χ4n) is 4.86. The van der Waals surface area contributed by atoms with Gasteiger partial charge in [0.25, 0.3) is 5.91 Å². The van der Waals surface area contributed by atoms with Gasteiger partial charge in [-0.3, -0.25) is 19.2 Å². The van der Waals surface area contributed by atoms with E-state index in [2.05, 4.69) is 39.9 Å². The summed E-state index contributed by atoms with van der Waals surface area (Å²) in [6.45, 7) is 7.17. The molecule has 33 heavy (non-hydrogen) atoms. The standard InChI is InChI=1S/C26H27N5O2/c1-18-7-8-24(33-2)20(13-18)17-30-11-9-29(10-12-30)16-19-14-25(32)31-23-6-4-3-5-22(23)28-26(31)21(19)15-27/h3-8,13-14,21H,9-12,16-17H2,1-2H3. The lowest BCUT2D eigenvalue weighted by atomic mass is 9.95. The quantitative estimate of drug-likeness (QED) is 0.605. The van der Waals surface area contributed by atoms with E-state index in [9.17, 15) is 10.1 Å². The van der Waals surface area contributed by atoms with Crippen molar-refractivity contribution in [2.75, 3.05) is 39.8 Å². The third kappa shape index (κ3) is 4.04. The molecule has 1 aromatic heterocycles. The second-order valence-electron chi connectivity index (χ2n) is 8.78. The highest BCUT2D eigenvalue weighted by atomic mass is 16.5. The van der Waals surface area contributed by atoms with E-state index in [1.165, 1.54) is 11.1 Å². The van der Waals surface area contributed by atoms with Crippen molar-refractivity contribution < 1.29 is 9.53 Å². The number of hydrogen-bond acceptors (Lipinski definition) is 6. The van der Waals surface area contributed by atoms with Gasteiger partial charge in [-0.2, -0.15) is 5.26 Å². The Kier molecular flexibility index (Phi) is 5.71. The number of aryl methyl sites for hydroxylation is 1. The van der Waals surface area contributed by atoms with Crippen LogP contribution in [0.5, 0.6) is 5.75 Å². The molecule has 7 heteroatoms. The molecule has 1 saturated heterocycles. The molecular weight excluding hydrogens is 414 g/mol. The number of allylic oxidation sites excluding steroid dienone is 1. The first kappa shape index (κ1) is 21.4. The molecule has 0 spiro atoms. The van der Waals surface area contributed by atoms with E-state index >= 15 is 0 Å². The molecule has 2 aliphatic rings. The number of benzene rings is 2. The Balaban J connectivity index is 1.27. The van der Waals surface area contributed by atoms with Crippen LogP contribution in [0.3, 0.4) is 0 Å². The second-order valence-corrected chi connectivity index (χ2v) is 8.78. The van der Waals surface area contributed by atoms with Gasteiger partial charge in [-0.25, -0.2) is 4.98 Å². The first-order valence-corrected chi connectivity index (χ1v) is 11.3. The second kappa shape index (κ2) is 8.81. The maximum Gasteiger partial charge on any atom is 0.256 e. The summed E-state index contributed by atoms with van der Waals surface area (Å²) in [6.07, 6.45) is 1.64. The Hall–Kier alpha value is -3.47. The van der Waals surface area contributed by atoms with Crippen LogP contribution in [0, 0.1) is 18.3 Å². The van der Waals surface area contributed by atoms with Gasteiger partial charge in [0, 0.05) is 50.9 Å². The number of rotatable bonds is 5. The van der Waals surface area contributed by atoms with Crippen LogP contribution in [0.4, 0.5) is 0 Å². The maximum absolute atomic E-state index is 12.9. The number of fused-ring (bicyclic) bond motifs is 3. The average molecular weight is 442 g/mol. The molecule has 1 unspecified atom stereocenters. The zero-order chi connectivity index (χ0) is 22.9. The van der Waals surface area contributed by atoms with Crippen LogP contribution in [0.15, 0.2) is 54.1 Å². The smallest absolute Gasteiger partial charge is 0.256 e. The summed E-state index contributed by atoms with van der Waals surface area (Å²) in [5, 5.41) is 9.93. The van der Waals surface area contributed by atoms with E-state index in [4.69, 9.17) is 4.74 Å². The highest BCUT2D eigenvalue weighted by Gasteiger charge is 2.32. The van der Waals surface area contributed by atoms with Crippen molar-refractivity contribution in [3.05, 3.63) is 71.1 Å². The van der Waals surface area contributed by atoms with E-state index in [0.29, 0.717) is 12.4 Å². The Morgan fingerprint density at radius 1 is 1.09 bits per heavy atom. The molecule has 5 rings (SSSR count). The van der Waals surface area contributed by atoms with Gasteiger partial charge < -0.3 is 4.74 Å². The van der Waals surface area contributed by atoms with Crippen molar-refractivity contribution in [2.24, 2.45) is 0 Å². The van der Waals surface area contributed by atoms with Gasteiger partial charge in [0.2, 0.25) is 0 Å². The van der Waals surface area contributed by atoms with Crippen molar-refractivity contribution in [1.29, 1.82) is 5.26 Å². The van der Waals surface area contributed by atoms with Crippen molar-refractivity contribution in [3.63, 3.8) is 0 Å². The molecule has 3 aromatic rings. The molecule has 0 N–H and O–H groups in total. The van der Waals surface area contributed by atoms with Gasteiger partial charge in [0.05, 0.1) is 24.2 Å². The molecule has 0 aliphatic carbocycles. The molecule has 0 bridgehead atoms. The van der Waals surface area contributed by atoms with Crippen LogP contribution < -0.4 is 4.74 Å². The monoisotopic (exact) mass is 441 g/mol. The molecular formula is C26H27N5O2. The van der Waals surface area contributed by atoms with Gasteiger partial charge in [0.15, 0.2) is 0 Å². The molecule has 0 saturated carbocycles. The predicted molar refractivity (Wildman–Crippen MR) is 126 cm³/mol.